The zero-order chi connectivity index (χ0) is 40.5. The monoisotopic (exact) mass is 766 g/mol. The van der Waals surface area contributed by atoms with Gasteiger partial charge in [0.25, 0.3) is 0 Å². The number of hydrogen-bond acceptors (Lipinski definition) is 7. The van der Waals surface area contributed by atoms with E-state index >= 15 is 0 Å². The van der Waals surface area contributed by atoms with Crippen LogP contribution in [-0.2, 0) is 28.6 Å². The third-order valence-electron chi connectivity index (χ3n) is 11.2. The van der Waals surface area contributed by atoms with Gasteiger partial charge in [0.05, 0.1) is 24.0 Å². The lowest BCUT2D eigenvalue weighted by atomic mass is 9.86. The van der Waals surface area contributed by atoms with Crippen LogP contribution in [0.3, 0.4) is 0 Å². The molecule has 0 rings (SSSR count). The van der Waals surface area contributed by atoms with Gasteiger partial charge in [-0.3, -0.25) is 14.4 Å². The molecule has 0 saturated carbocycles. The Kier molecular flexibility index (Phi) is 32.5. The highest BCUT2D eigenvalue weighted by atomic mass is 16.5. The van der Waals surface area contributed by atoms with E-state index in [0.29, 0.717) is 19.6 Å². The molecule has 320 valence electrons. The molecule has 0 aromatic carbocycles. The minimum absolute atomic E-state index is 0.0762. The molecule has 0 aromatic rings. The Hall–Kier alpha value is -1.63. The number of nitrogens with zero attached hydrogens (tertiary/aromatic N) is 1. The van der Waals surface area contributed by atoms with Crippen LogP contribution in [-0.4, -0.2) is 62.8 Å². The minimum atomic E-state index is -0.491. The zero-order valence-electron chi connectivity index (χ0n) is 37.5. The Morgan fingerprint density at radius 1 is 0.500 bits per heavy atom. The van der Waals surface area contributed by atoms with E-state index in [1.165, 1.54) is 77.0 Å². The molecule has 0 radical (unpaired) electrons. The lowest BCUT2D eigenvalue weighted by Gasteiger charge is -2.23. The fraction of sp³-hybridized carbons (Fsp3) is 0.936. The number of carbonyl (C=O) groups excluding carboxylic acids is 3. The van der Waals surface area contributed by atoms with Gasteiger partial charge in [-0.2, -0.15) is 0 Å². The molecule has 0 bridgehead atoms. The van der Waals surface area contributed by atoms with E-state index in [1.54, 1.807) is 0 Å². The van der Waals surface area contributed by atoms with Gasteiger partial charge in [0.15, 0.2) is 0 Å². The Labute approximate surface area is 335 Å². The first kappa shape index (κ1) is 52.4. The van der Waals surface area contributed by atoms with Gasteiger partial charge >= 0.3 is 17.9 Å². The second-order valence-corrected chi connectivity index (χ2v) is 18.0. The maximum Gasteiger partial charge on any atom is 0.311 e. The average Bonchev–Trinajstić information content (AvgIpc) is 3.12. The standard InChI is InChI=1S/C47H91NO6/c1-10-13-16-17-18-19-27-39-52-44(50)46(4,5)36-25-20-23-33-42(54-43(49)35-28-38-48(8)9)34-24-21-26-37-47(6,7)45(51)53-40-29-32-41(30-15-12-3)31-22-14-11-2/h41-42H,10-40H2,1-9H3. The molecule has 54 heavy (non-hydrogen) atoms. The normalized spacial score (nSPS) is 13.2. The highest BCUT2D eigenvalue weighted by Crippen LogP contribution is 2.29. The van der Waals surface area contributed by atoms with Gasteiger partial charge in [-0.1, -0.05) is 130 Å². The van der Waals surface area contributed by atoms with Crippen LogP contribution in [0.4, 0.5) is 0 Å². The summed E-state index contributed by atoms with van der Waals surface area (Å²) in [4.78, 5) is 40.6. The maximum atomic E-state index is 13.0. The number of carbonyl (C=O) groups is 3. The third kappa shape index (κ3) is 29.6. The zero-order valence-corrected chi connectivity index (χ0v) is 37.5. The number of rotatable bonds is 38. The molecule has 0 aliphatic rings. The van der Waals surface area contributed by atoms with E-state index in [9.17, 15) is 14.4 Å². The topological polar surface area (TPSA) is 82.1 Å². The van der Waals surface area contributed by atoms with E-state index in [4.69, 9.17) is 14.2 Å². The van der Waals surface area contributed by atoms with Gasteiger partial charge in [-0.05, 0) is 118 Å². The molecule has 0 saturated heterocycles. The van der Waals surface area contributed by atoms with Gasteiger partial charge in [0.2, 0.25) is 0 Å². The van der Waals surface area contributed by atoms with Gasteiger partial charge in [-0.15, -0.1) is 0 Å². The predicted octanol–water partition coefficient (Wildman–Crippen LogP) is 13.2. The quantitative estimate of drug-likeness (QED) is 0.0352. The summed E-state index contributed by atoms with van der Waals surface area (Å²) in [6.45, 7) is 16.7. The Morgan fingerprint density at radius 3 is 1.46 bits per heavy atom. The van der Waals surface area contributed by atoms with Crippen LogP contribution in [0.2, 0.25) is 0 Å². The van der Waals surface area contributed by atoms with Crippen LogP contribution in [0.5, 0.6) is 0 Å². The smallest absolute Gasteiger partial charge is 0.311 e. The van der Waals surface area contributed by atoms with Crippen LogP contribution in [0, 0.1) is 16.7 Å². The summed E-state index contributed by atoms with van der Waals surface area (Å²) in [5, 5.41) is 0. The predicted molar refractivity (Wildman–Crippen MR) is 228 cm³/mol. The third-order valence-corrected chi connectivity index (χ3v) is 11.2. The molecule has 0 fully saturated rings. The summed E-state index contributed by atoms with van der Waals surface area (Å²) in [6, 6.07) is 0. The molecule has 0 amide bonds. The van der Waals surface area contributed by atoms with Crippen LogP contribution in [0.15, 0.2) is 0 Å². The summed E-state index contributed by atoms with van der Waals surface area (Å²) < 4.78 is 17.4. The summed E-state index contributed by atoms with van der Waals surface area (Å²) >= 11 is 0. The van der Waals surface area contributed by atoms with Gasteiger partial charge < -0.3 is 19.1 Å². The number of esters is 3. The van der Waals surface area contributed by atoms with Gasteiger partial charge in [0, 0.05) is 6.42 Å². The van der Waals surface area contributed by atoms with Crippen molar-refractivity contribution in [3.05, 3.63) is 0 Å². The van der Waals surface area contributed by atoms with E-state index in [2.05, 4.69) is 25.7 Å². The second kappa shape index (κ2) is 33.5. The Bertz CT molecular complexity index is 916. The highest BCUT2D eigenvalue weighted by Gasteiger charge is 2.30. The minimum Gasteiger partial charge on any atom is -0.465 e. The Balaban J connectivity index is 4.64. The van der Waals surface area contributed by atoms with Crippen molar-refractivity contribution in [2.75, 3.05) is 33.9 Å². The highest BCUT2D eigenvalue weighted by molar-refractivity contribution is 5.76. The first-order valence-electron chi connectivity index (χ1n) is 23.0. The summed E-state index contributed by atoms with van der Waals surface area (Å²) in [5.41, 5.74) is -0.972. The van der Waals surface area contributed by atoms with Crippen molar-refractivity contribution in [2.24, 2.45) is 16.7 Å². The maximum absolute atomic E-state index is 13.0. The van der Waals surface area contributed by atoms with Gasteiger partial charge in [-0.25, -0.2) is 0 Å². The lowest BCUT2D eigenvalue weighted by molar-refractivity contribution is -0.155. The molecule has 0 aromatic heterocycles. The lowest BCUT2D eigenvalue weighted by Crippen LogP contribution is -2.27. The SMILES string of the molecule is CCCCCCCCCOC(=O)C(C)(C)CCCCCC(CCCCCC(C)(C)C(=O)OCCCC(CCCC)CCCCC)OC(=O)CCCN(C)C. The molecule has 7 heteroatoms. The number of hydrogen-bond donors (Lipinski definition) is 0. The number of unbranched alkanes of at least 4 members (excludes halogenated alkanes) is 13. The molecule has 0 aliphatic carbocycles. The fourth-order valence-electron chi connectivity index (χ4n) is 7.24. The van der Waals surface area contributed by atoms with Crippen molar-refractivity contribution in [3.8, 4) is 0 Å². The molecule has 0 aliphatic heterocycles. The van der Waals surface area contributed by atoms with E-state index in [-0.39, 0.29) is 24.0 Å². The first-order chi connectivity index (χ1) is 25.8. The van der Waals surface area contributed by atoms with Gasteiger partial charge in [0.1, 0.15) is 6.10 Å². The summed E-state index contributed by atoms with van der Waals surface area (Å²) in [6.07, 6.45) is 29.9. The largest absolute Gasteiger partial charge is 0.465 e. The molecular weight excluding hydrogens is 675 g/mol. The molecule has 0 spiro atoms. The van der Waals surface area contributed by atoms with Crippen molar-refractivity contribution in [2.45, 2.75) is 234 Å². The van der Waals surface area contributed by atoms with Crippen LogP contribution in [0.1, 0.15) is 228 Å². The second-order valence-electron chi connectivity index (χ2n) is 18.0. The summed E-state index contributed by atoms with van der Waals surface area (Å²) in [7, 11) is 4.04. The van der Waals surface area contributed by atoms with E-state index in [1.807, 2.05) is 41.8 Å². The van der Waals surface area contributed by atoms with Crippen molar-refractivity contribution < 1.29 is 28.6 Å². The molecule has 7 nitrogen and oxygen atoms in total. The van der Waals surface area contributed by atoms with Crippen LogP contribution < -0.4 is 0 Å². The van der Waals surface area contributed by atoms with Crippen molar-refractivity contribution >= 4 is 17.9 Å². The molecule has 0 N–H and O–H groups in total. The van der Waals surface area contributed by atoms with Crippen molar-refractivity contribution in [1.29, 1.82) is 0 Å². The van der Waals surface area contributed by atoms with E-state index < -0.39 is 10.8 Å². The summed E-state index contributed by atoms with van der Waals surface area (Å²) in [5.74, 6) is 0.496. The first-order valence-corrected chi connectivity index (χ1v) is 23.0. The number of ether oxygens (including phenoxy) is 3. The fourth-order valence-corrected chi connectivity index (χ4v) is 7.24. The molecule has 2 atom stereocenters. The molecule has 2 unspecified atom stereocenters. The average molecular weight is 766 g/mol. The van der Waals surface area contributed by atoms with Crippen LogP contribution >= 0.6 is 0 Å². The Morgan fingerprint density at radius 2 is 0.926 bits per heavy atom. The van der Waals surface area contributed by atoms with Crippen molar-refractivity contribution in [1.82, 2.24) is 4.90 Å². The molecular formula is C47H91NO6. The molecule has 0 heterocycles. The van der Waals surface area contributed by atoms with Crippen molar-refractivity contribution in [3.63, 3.8) is 0 Å². The van der Waals surface area contributed by atoms with E-state index in [0.717, 1.165) is 109 Å². The van der Waals surface area contributed by atoms with Crippen LogP contribution in [0.25, 0.3) is 0 Å².